The van der Waals surface area contributed by atoms with Crippen LogP contribution in [-0.2, 0) is 97.6 Å². The van der Waals surface area contributed by atoms with E-state index in [1.165, 1.54) is 72.9 Å². The highest BCUT2D eigenvalue weighted by atomic mass is 32.2. The maximum Gasteiger partial charge on any atom is 0.315 e. The Bertz CT molecular complexity index is 4510. The first-order chi connectivity index (χ1) is 60.5. The summed E-state index contributed by atoms with van der Waals surface area (Å²) < 4.78 is 0. The minimum Gasteiger partial charge on any atom is -0.508 e. The first-order valence-electron chi connectivity index (χ1n) is 42.4. The highest BCUT2D eigenvalue weighted by Crippen LogP contribution is 2.33. The van der Waals surface area contributed by atoms with Gasteiger partial charge in [0.2, 0.25) is 88.6 Å². The molecule has 42 heteroatoms. The number of benzene rings is 3. The number of nitrogens with two attached hydrogens (primary N) is 3. The first kappa shape index (κ1) is 99.9. The molecule has 0 radical (unpaired) electrons. The van der Waals surface area contributed by atoms with Crippen LogP contribution in [-0.4, -0.2) is 272 Å². The number of aromatic amines is 2. The number of nitrogens with one attached hydrogen (secondary N) is 17. The number of unbranched alkanes of at least 4 members (excludes halogenated alkanes) is 3. The van der Waals surface area contributed by atoms with E-state index in [1.54, 1.807) is 24.9 Å². The van der Waals surface area contributed by atoms with E-state index < -0.39 is 169 Å². The van der Waals surface area contributed by atoms with E-state index in [1.807, 2.05) is 66.4 Å². The number of nitrogens with zero attached hydrogens (tertiary/aromatic N) is 2. The number of aromatic nitrogens is 3. The number of phenols is 1. The number of primary amides is 1. The number of thioether (sulfide) groups is 3. The second kappa shape index (κ2) is 51.8. The van der Waals surface area contributed by atoms with Crippen molar-refractivity contribution in [2.75, 3.05) is 69.0 Å². The van der Waals surface area contributed by atoms with Crippen LogP contribution in [0.1, 0.15) is 126 Å². The van der Waals surface area contributed by atoms with Gasteiger partial charge in [0.1, 0.15) is 66.2 Å². The molecule has 8 rings (SSSR count). The molecule has 686 valence electrons. The van der Waals surface area contributed by atoms with Crippen molar-refractivity contribution in [3.8, 4) is 5.75 Å². The predicted octanol–water partition coefficient (Wildman–Crippen LogP) is -1.93. The number of phenolic OH excluding ortho intramolecular Hbond substituents is 1. The van der Waals surface area contributed by atoms with Crippen LogP contribution in [0.15, 0.2) is 97.6 Å². The van der Waals surface area contributed by atoms with E-state index in [0.717, 1.165) is 35.1 Å². The average Bonchev–Trinajstić information content (AvgIpc) is 1.67. The van der Waals surface area contributed by atoms with Gasteiger partial charge in [0.15, 0.2) is 0 Å². The lowest BCUT2D eigenvalue weighted by Gasteiger charge is -2.30. The Balaban J connectivity index is 0.809. The van der Waals surface area contributed by atoms with Crippen LogP contribution >= 0.6 is 35.3 Å². The van der Waals surface area contributed by atoms with E-state index >= 15 is 0 Å². The number of amides is 17. The van der Waals surface area contributed by atoms with Gasteiger partial charge in [0.05, 0.1) is 49.8 Å². The average molecular weight is 1810 g/mol. The number of fused-ring (bicyclic) bond motifs is 2. The summed E-state index contributed by atoms with van der Waals surface area (Å²) in [6, 6.07) is 8.59. The molecule has 3 aromatic carbocycles. The Labute approximate surface area is 743 Å². The van der Waals surface area contributed by atoms with Gasteiger partial charge in [-0.25, -0.2) is 9.78 Å². The van der Waals surface area contributed by atoms with Crippen LogP contribution in [0.2, 0.25) is 0 Å². The molecular weight excluding hydrogens is 1690 g/mol. The van der Waals surface area contributed by atoms with Crippen LogP contribution in [0, 0.1) is 0 Å². The lowest BCUT2D eigenvalue weighted by Crippen LogP contribution is -2.60. The normalized spacial score (nSPS) is 17.5. The van der Waals surface area contributed by atoms with E-state index in [4.69, 9.17) is 17.2 Å². The molecule has 5 aromatic rings. The number of hydrogen-bond donors (Lipinski definition) is 21. The lowest BCUT2D eigenvalue weighted by atomic mass is 10.0. The maximum atomic E-state index is 14.9. The molecule has 3 saturated heterocycles. The zero-order chi connectivity index (χ0) is 91.2. The summed E-state index contributed by atoms with van der Waals surface area (Å²) in [6.07, 6.45) is 13.2. The molecule has 24 N–H and O–H groups in total. The zero-order valence-electron chi connectivity index (χ0n) is 71.2. The third kappa shape index (κ3) is 32.5. The molecule has 0 aliphatic carbocycles. The summed E-state index contributed by atoms with van der Waals surface area (Å²) in [4.78, 5) is 230. The highest BCUT2D eigenvalue weighted by Gasteiger charge is 2.44. The van der Waals surface area contributed by atoms with Gasteiger partial charge in [-0.05, 0) is 163 Å². The lowest BCUT2D eigenvalue weighted by molar-refractivity contribution is -0.142. The van der Waals surface area contributed by atoms with Crippen LogP contribution in [0.5, 0.6) is 5.75 Å². The highest BCUT2D eigenvalue weighted by molar-refractivity contribution is 8.00. The minimum atomic E-state index is -1.45. The molecule has 5 heterocycles. The molecule has 126 heavy (non-hydrogen) atoms. The number of para-hydroxylation sites is 1. The quantitative estimate of drug-likeness (QED) is 0.0149. The van der Waals surface area contributed by atoms with Gasteiger partial charge in [-0.2, -0.15) is 35.3 Å². The SMILES string of the molecule is CSCC[C@H](NC(=O)[C@H](C)NC(=O)[C@H](C)NC(=O)[C@@H]1CCCN1C(=O)[C@H](Cc1c[nH]cn1)NC(=O)[C@H](Cc1c[nH]c2ccccc12)NC(=O)[C@@H](N)Cc1ccccc1)C(=O)N[C@@H](CCSC)C(=O)N[C@@H](Cc1ccc(O)cc1)C(=O)N[C@@H](CCCCN)C(=O)NCC(=O)NCC(=O)NCC(=O)N[C@@H](CCCCNC(=O)CCCC[C@@H]1SC[C@@H]2NC(=O)N[C@@H]21)C(N)=O. The molecule has 0 spiro atoms. The molecule has 2 aromatic heterocycles. The van der Waals surface area contributed by atoms with Crippen molar-refractivity contribution in [2.24, 2.45) is 17.2 Å². The third-order valence-electron chi connectivity index (χ3n) is 21.7. The fraction of sp³-hybridized carbons (Fsp3) is 0.536. The zero-order valence-corrected chi connectivity index (χ0v) is 73.7. The van der Waals surface area contributed by atoms with Crippen molar-refractivity contribution in [3.63, 3.8) is 0 Å². The van der Waals surface area contributed by atoms with Crippen molar-refractivity contribution < 1.29 is 81.8 Å². The Morgan fingerprint density at radius 1 is 0.556 bits per heavy atom. The second-order valence-corrected chi connectivity index (χ2v) is 34.6. The molecule has 0 unspecified atom stereocenters. The smallest absolute Gasteiger partial charge is 0.315 e. The second-order valence-electron chi connectivity index (χ2n) is 31.4. The van der Waals surface area contributed by atoms with Crippen molar-refractivity contribution in [2.45, 2.75) is 213 Å². The van der Waals surface area contributed by atoms with Gasteiger partial charge in [-0.3, -0.25) is 71.9 Å². The molecule has 0 saturated carbocycles. The van der Waals surface area contributed by atoms with Gasteiger partial charge >= 0.3 is 6.03 Å². The minimum absolute atomic E-state index is 0.00180. The van der Waals surface area contributed by atoms with Crippen molar-refractivity contribution in [3.05, 3.63) is 120 Å². The Morgan fingerprint density at radius 3 is 1.80 bits per heavy atom. The first-order valence-corrected chi connectivity index (χ1v) is 46.2. The van der Waals surface area contributed by atoms with Gasteiger partial charge in [0.25, 0.3) is 0 Å². The number of hydrogen-bond acceptors (Lipinski definition) is 23. The third-order valence-corrected chi connectivity index (χ3v) is 24.5. The van der Waals surface area contributed by atoms with Crippen molar-refractivity contribution >= 4 is 141 Å². The van der Waals surface area contributed by atoms with Crippen LogP contribution in [0.4, 0.5) is 4.79 Å². The Morgan fingerprint density at radius 2 is 1.13 bits per heavy atom. The molecular formula is C84H120N22O17S3. The maximum absolute atomic E-state index is 14.9. The molecule has 3 aliphatic heterocycles. The summed E-state index contributed by atoms with van der Waals surface area (Å²) in [5, 5.41) is 51.3. The Kier molecular flexibility index (Phi) is 41.1. The van der Waals surface area contributed by atoms with Crippen LogP contribution in [0.3, 0.4) is 0 Å². The predicted molar refractivity (Wildman–Crippen MR) is 476 cm³/mol. The standard InChI is InChI=1S/C84H120N22O17S3/c1-48(96-82(121)66-23-16-34-106(66)83(122)64(40-53-42-88-47-94-53)103-81(120)63(39-52-41-90-57-20-9-8-19-55(52)57)101-76(115)56(86)37-50-17-6-5-7-18-50)74(113)95-49(2)75(114)98-60(30-35-124-3)78(117)100-61(31-36-125-4)79(118)102-62(38-51-26-28-54(107)29-27-51)80(119)99-59(22-12-14-32-85)77(116)93-44-70(110)91-43-69(109)92-45-71(111)97-58(73(87)112)21-13-15-33-89-68(108)25-11-10-24-67-72-65(46-126-67)104-84(123)105-72/h5-9,17-20,26-29,41-42,47-49,56,58-67,72,90,107H,10-16,21-25,30-40,43-46,85-86H2,1-4H3,(H2,87,112)(H,88,94)(H,89,108)(H,91,110)(H,92,109)(H,93,116)(H,95,113)(H,96,121)(H,97,111)(H,98,114)(H,99,119)(H,100,117)(H,101,115)(H,102,118)(H,103,120)(H2,104,105,123)/t48-,49-,56-,58-,59-,60-,61-,62-,63-,64-,65-,66-,67-,72-/m0/s1. The number of imidazole rings is 1. The monoisotopic (exact) mass is 1800 g/mol. The molecule has 3 fully saturated rings. The topological polar surface area (TPSA) is 600 Å². The molecule has 17 amide bonds. The largest absolute Gasteiger partial charge is 0.508 e. The number of urea groups is 1. The molecule has 0 bridgehead atoms. The van der Waals surface area contributed by atoms with Gasteiger partial charge in [0, 0.05) is 73.1 Å². The summed E-state index contributed by atoms with van der Waals surface area (Å²) in [6.45, 7) is 1.49. The number of likely N-dealkylation sites (tertiary alicyclic amines) is 1. The van der Waals surface area contributed by atoms with Crippen LogP contribution in [0.25, 0.3) is 10.9 Å². The van der Waals surface area contributed by atoms with Crippen molar-refractivity contribution in [1.29, 1.82) is 0 Å². The summed E-state index contributed by atoms with van der Waals surface area (Å²) in [5.74, 6) is -9.52. The van der Waals surface area contributed by atoms with E-state index in [2.05, 4.69) is 94.7 Å². The molecule has 39 nitrogen and oxygen atoms in total. The number of carbonyl (C=O) groups excluding carboxylic acids is 16. The summed E-state index contributed by atoms with van der Waals surface area (Å²) >= 11 is 4.52. The summed E-state index contributed by atoms with van der Waals surface area (Å²) in [5.41, 5.74) is 20.9. The molecule has 14 atom stereocenters. The van der Waals surface area contributed by atoms with E-state index in [9.17, 15) is 81.8 Å². The number of carbonyl (C=O) groups is 16. The fourth-order valence-corrected chi connectivity index (χ4v) is 17.2. The number of aromatic hydroxyl groups is 1. The van der Waals surface area contributed by atoms with Gasteiger partial charge in [-0.15, -0.1) is 0 Å². The fourth-order valence-electron chi connectivity index (χ4n) is 14.7. The van der Waals surface area contributed by atoms with Crippen molar-refractivity contribution in [1.82, 2.24) is 99.6 Å². The van der Waals surface area contributed by atoms with Gasteiger partial charge < -0.3 is 117 Å². The Hall–Kier alpha value is -11.5. The molecule has 3 aliphatic rings. The van der Waals surface area contributed by atoms with Crippen LogP contribution < -0.4 is 97.0 Å². The number of rotatable bonds is 54. The van der Waals surface area contributed by atoms with Gasteiger partial charge in [-0.1, -0.05) is 67.1 Å². The summed E-state index contributed by atoms with van der Waals surface area (Å²) in [7, 11) is 0. The van der Waals surface area contributed by atoms with E-state index in [-0.39, 0.29) is 101 Å². The number of H-pyrrole nitrogens is 2. The van der Waals surface area contributed by atoms with E-state index in [0.29, 0.717) is 85.1 Å².